The van der Waals surface area contributed by atoms with Crippen molar-refractivity contribution in [2.75, 3.05) is 17.7 Å². The van der Waals surface area contributed by atoms with Crippen molar-refractivity contribution in [1.29, 1.82) is 0 Å². The van der Waals surface area contributed by atoms with Gasteiger partial charge in [-0.3, -0.25) is 9.10 Å². The molecule has 0 unspecified atom stereocenters. The molecule has 0 aliphatic heterocycles. The molecule has 0 radical (unpaired) electrons. The fourth-order valence-corrected chi connectivity index (χ4v) is 4.53. The van der Waals surface area contributed by atoms with Gasteiger partial charge in [-0.1, -0.05) is 48.4 Å². The van der Waals surface area contributed by atoms with Crippen LogP contribution in [0.25, 0.3) is 0 Å². The highest BCUT2D eigenvalue weighted by Gasteiger charge is 2.30. The van der Waals surface area contributed by atoms with Crippen LogP contribution in [-0.2, 0) is 14.8 Å². The molecule has 0 spiro atoms. The fourth-order valence-electron chi connectivity index (χ4n) is 3.11. The SMILES string of the molecule is CC[C@H](NC(=O)[C@H](C)N(c1ccc(OC)c(Cl)c1)S(C)(=O)=O)c1ccc(C)cc1. The second kappa shape index (κ2) is 9.50. The summed E-state index contributed by atoms with van der Waals surface area (Å²) < 4.78 is 31.1. The van der Waals surface area contributed by atoms with Gasteiger partial charge in [-0.25, -0.2) is 8.42 Å². The lowest BCUT2D eigenvalue weighted by Crippen LogP contribution is -2.48. The summed E-state index contributed by atoms with van der Waals surface area (Å²) in [6.45, 7) is 5.51. The maximum Gasteiger partial charge on any atom is 0.244 e. The van der Waals surface area contributed by atoms with Crippen molar-refractivity contribution < 1.29 is 17.9 Å². The average molecular weight is 439 g/mol. The number of nitrogens with one attached hydrogen (secondary N) is 1. The molecule has 29 heavy (non-hydrogen) atoms. The molecule has 0 saturated carbocycles. The zero-order valence-corrected chi connectivity index (χ0v) is 18.8. The second-order valence-corrected chi connectivity index (χ2v) is 9.20. The Kier molecular flexibility index (Phi) is 7.54. The van der Waals surface area contributed by atoms with E-state index in [-0.39, 0.29) is 11.1 Å². The van der Waals surface area contributed by atoms with Crippen molar-refractivity contribution in [3.8, 4) is 5.75 Å². The lowest BCUT2D eigenvalue weighted by molar-refractivity contribution is -0.122. The first-order chi connectivity index (χ1) is 13.6. The van der Waals surface area contributed by atoms with E-state index >= 15 is 0 Å². The molecule has 8 heteroatoms. The first kappa shape index (κ1) is 23.0. The maximum atomic E-state index is 12.9. The molecule has 1 N–H and O–H groups in total. The Labute approximate surface area is 177 Å². The Morgan fingerprint density at radius 2 is 1.83 bits per heavy atom. The molecule has 0 aromatic heterocycles. The smallest absolute Gasteiger partial charge is 0.244 e. The minimum atomic E-state index is -3.74. The highest BCUT2D eigenvalue weighted by atomic mass is 35.5. The van der Waals surface area contributed by atoms with Crippen LogP contribution in [0.1, 0.15) is 37.4 Å². The predicted octanol–water partition coefficient (Wildman–Crippen LogP) is 4.08. The third-order valence-electron chi connectivity index (χ3n) is 4.68. The van der Waals surface area contributed by atoms with Crippen molar-refractivity contribution in [3.05, 3.63) is 58.6 Å². The molecule has 0 bridgehead atoms. The number of ether oxygens (including phenoxy) is 1. The van der Waals surface area contributed by atoms with Gasteiger partial charge in [0.1, 0.15) is 11.8 Å². The number of carbonyl (C=O) groups excluding carboxylic acids is 1. The number of nitrogens with zero attached hydrogens (tertiary/aromatic N) is 1. The lowest BCUT2D eigenvalue weighted by Gasteiger charge is -2.30. The minimum absolute atomic E-state index is 0.216. The number of benzene rings is 2. The number of hydrogen-bond donors (Lipinski definition) is 1. The molecule has 0 heterocycles. The highest BCUT2D eigenvalue weighted by molar-refractivity contribution is 7.92. The van der Waals surface area contributed by atoms with Gasteiger partial charge in [0.15, 0.2) is 0 Å². The summed E-state index contributed by atoms with van der Waals surface area (Å²) in [5, 5.41) is 3.22. The van der Waals surface area contributed by atoms with E-state index in [4.69, 9.17) is 16.3 Å². The Hall–Kier alpha value is -2.25. The summed E-state index contributed by atoms with van der Waals surface area (Å²) in [5.41, 5.74) is 2.39. The summed E-state index contributed by atoms with van der Waals surface area (Å²) in [6, 6.07) is 11.3. The second-order valence-electron chi connectivity index (χ2n) is 6.93. The first-order valence-corrected chi connectivity index (χ1v) is 11.5. The van der Waals surface area contributed by atoms with Crippen LogP contribution in [0.15, 0.2) is 42.5 Å². The summed E-state index contributed by atoms with van der Waals surface area (Å²) in [5.74, 6) is 0.0289. The molecule has 2 rings (SSSR count). The fraction of sp³-hybridized carbons (Fsp3) is 0.381. The molecule has 6 nitrogen and oxygen atoms in total. The number of sulfonamides is 1. The number of amides is 1. The normalized spacial score (nSPS) is 13.4. The van der Waals surface area contributed by atoms with Gasteiger partial charge in [-0.15, -0.1) is 0 Å². The molecular formula is C21H27ClN2O4S. The Bertz CT molecular complexity index is 961. The van der Waals surface area contributed by atoms with Crippen LogP contribution >= 0.6 is 11.6 Å². The third-order valence-corrected chi connectivity index (χ3v) is 6.22. The molecule has 158 valence electrons. The van der Waals surface area contributed by atoms with Crippen molar-refractivity contribution in [2.45, 2.75) is 39.3 Å². The van der Waals surface area contributed by atoms with Crippen LogP contribution in [0.3, 0.4) is 0 Å². The van der Waals surface area contributed by atoms with Crippen LogP contribution in [0, 0.1) is 6.92 Å². The van der Waals surface area contributed by atoms with Crippen LogP contribution in [-0.4, -0.2) is 33.7 Å². The summed E-state index contributed by atoms with van der Waals surface area (Å²) in [4.78, 5) is 12.9. The van der Waals surface area contributed by atoms with Gasteiger partial charge in [-0.2, -0.15) is 0 Å². The Morgan fingerprint density at radius 3 is 2.31 bits per heavy atom. The van der Waals surface area contributed by atoms with E-state index in [0.717, 1.165) is 21.7 Å². The maximum absolute atomic E-state index is 12.9. The average Bonchev–Trinajstić information content (AvgIpc) is 2.65. The van der Waals surface area contributed by atoms with E-state index in [1.165, 1.54) is 13.2 Å². The summed E-state index contributed by atoms with van der Waals surface area (Å²) in [6.07, 6.45) is 1.74. The van der Waals surface area contributed by atoms with Gasteiger partial charge in [0.2, 0.25) is 15.9 Å². The molecule has 0 saturated heterocycles. The monoisotopic (exact) mass is 438 g/mol. The topological polar surface area (TPSA) is 75.7 Å². The molecule has 2 aromatic rings. The van der Waals surface area contributed by atoms with Gasteiger partial charge in [0.25, 0.3) is 0 Å². The van der Waals surface area contributed by atoms with Crippen molar-refractivity contribution >= 4 is 33.2 Å². The number of carbonyl (C=O) groups is 1. The van der Waals surface area contributed by atoms with Crippen molar-refractivity contribution in [3.63, 3.8) is 0 Å². The van der Waals surface area contributed by atoms with Gasteiger partial charge in [0, 0.05) is 0 Å². The van der Waals surface area contributed by atoms with E-state index in [1.807, 2.05) is 38.1 Å². The van der Waals surface area contributed by atoms with Crippen LogP contribution < -0.4 is 14.4 Å². The number of methoxy groups -OCH3 is 1. The zero-order valence-electron chi connectivity index (χ0n) is 17.3. The molecule has 0 fully saturated rings. The van der Waals surface area contributed by atoms with Crippen molar-refractivity contribution in [1.82, 2.24) is 5.32 Å². The summed E-state index contributed by atoms with van der Waals surface area (Å²) in [7, 11) is -2.26. The number of aryl methyl sites for hydroxylation is 1. The first-order valence-electron chi connectivity index (χ1n) is 9.28. The largest absolute Gasteiger partial charge is 0.495 e. The van der Waals surface area contributed by atoms with Gasteiger partial charge in [-0.05, 0) is 44.0 Å². The Balaban J connectivity index is 2.31. The number of halogens is 1. The number of rotatable bonds is 8. The zero-order chi connectivity index (χ0) is 21.8. The van der Waals surface area contributed by atoms with E-state index in [1.54, 1.807) is 19.1 Å². The quantitative estimate of drug-likeness (QED) is 0.673. The molecule has 0 aliphatic carbocycles. The van der Waals surface area contributed by atoms with E-state index in [0.29, 0.717) is 17.9 Å². The van der Waals surface area contributed by atoms with Gasteiger partial charge >= 0.3 is 0 Å². The van der Waals surface area contributed by atoms with E-state index in [9.17, 15) is 13.2 Å². The van der Waals surface area contributed by atoms with Crippen LogP contribution in [0.5, 0.6) is 5.75 Å². The number of hydrogen-bond acceptors (Lipinski definition) is 4. The van der Waals surface area contributed by atoms with Crippen molar-refractivity contribution in [2.24, 2.45) is 0 Å². The summed E-state index contributed by atoms with van der Waals surface area (Å²) >= 11 is 6.16. The van der Waals surface area contributed by atoms with Gasteiger partial charge in [0.05, 0.1) is 30.1 Å². The lowest BCUT2D eigenvalue weighted by atomic mass is 10.0. The highest BCUT2D eigenvalue weighted by Crippen LogP contribution is 2.31. The minimum Gasteiger partial charge on any atom is -0.495 e. The van der Waals surface area contributed by atoms with Crippen LogP contribution in [0.4, 0.5) is 5.69 Å². The molecule has 0 aliphatic rings. The standard InChI is InChI=1S/C21H27ClN2O4S/c1-6-19(16-9-7-14(2)8-10-16)23-21(25)15(3)24(29(5,26)27)17-11-12-20(28-4)18(22)13-17/h7-13,15,19H,6H2,1-5H3,(H,23,25)/t15-,19-/m0/s1. The van der Waals surface area contributed by atoms with E-state index in [2.05, 4.69) is 5.32 Å². The third kappa shape index (κ3) is 5.64. The Morgan fingerprint density at radius 1 is 1.21 bits per heavy atom. The molecule has 2 aromatic carbocycles. The predicted molar refractivity (Wildman–Crippen MR) is 117 cm³/mol. The van der Waals surface area contributed by atoms with Crippen LogP contribution in [0.2, 0.25) is 5.02 Å². The van der Waals surface area contributed by atoms with E-state index < -0.39 is 22.0 Å². The molecule has 2 atom stereocenters. The molecule has 1 amide bonds. The number of anilines is 1. The van der Waals surface area contributed by atoms with Gasteiger partial charge < -0.3 is 10.1 Å². The molecular weight excluding hydrogens is 412 g/mol.